The largest absolute Gasteiger partial charge is 0.411 e. The van der Waals surface area contributed by atoms with Crippen molar-refractivity contribution in [3.05, 3.63) is 0 Å². The first-order valence-electron chi connectivity index (χ1n) is 5.98. The first kappa shape index (κ1) is 17.2. The van der Waals surface area contributed by atoms with E-state index in [0.29, 0.717) is 6.54 Å². The van der Waals surface area contributed by atoms with Crippen LogP contribution in [0.25, 0.3) is 0 Å². The maximum atomic E-state index is 11.7. The Balaban J connectivity index is 3.28. The molecule has 0 atom stereocenters. The molecule has 0 aliphatic heterocycles. The van der Waals surface area contributed by atoms with E-state index in [1.807, 2.05) is 0 Å². The predicted octanol–water partition coefficient (Wildman–Crippen LogP) is 1.62. The molecule has 0 aromatic carbocycles. The van der Waals surface area contributed by atoms with Gasteiger partial charge in [0, 0.05) is 19.6 Å². The number of aliphatic hydroxyl groups is 1. The Hall–Kier alpha value is -0.820. The summed E-state index contributed by atoms with van der Waals surface area (Å²) in [5, 5.41) is 11.1. The van der Waals surface area contributed by atoms with Crippen molar-refractivity contribution in [2.75, 3.05) is 26.4 Å². The van der Waals surface area contributed by atoms with Crippen LogP contribution in [0.15, 0.2) is 0 Å². The van der Waals surface area contributed by atoms with E-state index in [1.54, 1.807) is 0 Å². The number of rotatable bonds is 10. The number of hydrogen-bond acceptors (Lipinski definition) is 3. The topological polar surface area (TPSA) is 58.6 Å². The number of carbonyl (C=O) groups excluding carboxylic acids is 1. The average Bonchev–Trinajstić information content (AvgIpc) is 2.28. The van der Waals surface area contributed by atoms with Crippen molar-refractivity contribution in [2.24, 2.45) is 0 Å². The number of alkyl halides is 3. The summed E-state index contributed by atoms with van der Waals surface area (Å²) >= 11 is 0. The van der Waals surface area contributed by atoms with Crippen LogP contribution in [0.1, 0.15) is 32.1 Å². The van der Waals surface area contributed by atoms with Crippen LogP contribution in [-0.2, 0) is 9.53 Å². The van der Waals surface area contributed by atoms with Crippen LogP contribution < -0.4 is 5.32 Å². The van der Waals surface area contributed by atoms with E-state index >= 15 is 0 Å². The number of ether oxygens (including phenoxy) is 1. The monoisotopic (exact) mass is 271 g/mol. The van der Waals surface area contributed by atoms with Gasteiger partial charge in [0.05, 0.1) is 6.61 Å². The fourth-order valence-corrected chi connectivity index (χ4v) is 1.26. The van der Waals surface area contributed by atoms with Crippen molar-refractivity contribution in [3.8, 4) is 0 Å². The van der Waals surface area contributed by atoms with Crippen molar-refractivity contribution >= 4 is 5.91 Å². The maximum absolute atomic E-state index is 11.7. The number of hydrogen-bond donors (Lipinski definition) is 2. The minimum Gasteiger partial charge on any atom is -0.396 e. The zero-order valence-electron chi connectivity index (χ0n) is 10.3. The highest BCUT2D eigenvalue weighted by Gasteiger charge is 2.27. The lowest BCUT2D eigenvalue weighted by Gasteiger charge is -2.08. The molecule has 0 fully saturated rings. The van der Waals surface area contributed by atoms with E-state index in [4.69, 9.17) is 5.11 Å². The van der Waals surface area contributed by atoms with Gasteiger partial charge in [0.15, 0.2) is 0 Å². The van der Waals surface area contributed by atoms with Gasteiger partial charge in [-0.25, -0.2) is 0 Å². The van der Waals surface area contributed by atoms with Crippen LogP contribution in [0, 0.1) is 0 Å². The Labute approximate surface area is 105 Å². The van der Waals surface area contributed by atoms with Crippen molar-refractivity contribution in [3.63, 3.8) is 0 Å². The summed E-state index contributed by atoms with van der Waals surface area (Å²) in [4.78, 5) is 11.1. The normalized spacial score (nSPS) is 11.6. The first-order valence-corrected chi connectivity index (χ1v) is 5.98. The van der Waals surface area contributed by atoms with Crippen LogP contribution in [0.2, 0.25) is 0 Å². The zero-order chi connectivity index (χ0) is 13.9. The highest BCUT2D eigenvalue weighted by Crippen LogP contribution is 2.14. The second-order valence-electron chi connectivity index (χ2n) is 3.91. The van der Waals surface area contributed by atoms with Gasteiger partial charge in [0.1, 0.15) is 6.61 Å². The maximum Gasteiger partial charge on any atom is 0.411 e. The number of amides is 1. The van der Waals surface area contributed by atoms with Gasteiger partial charge >= 0.3 is 6.18 Å². The molecule has 0 aromatic heterocycles. The minimum atomic E-state index is -4.34. The lowest BCUT2D eigenvalue weighted by molar-refractivity contribution is -0.174. The van der Waals surface area contributed by atoms with Crippen LogP contribution >= 0.6 is 0 Å². The molecule has 0 rings (SSSR count). The molecule has 0 saturated carbocycles. The van der Waals surface area contributed by atoms with Crippen LogP contribution in [-0.4, -0.2) is 43.6 Å². The van der Waals surface area contributed by atoms with Gasteiger partial charge in [0.25, 0.3) is 0 Å². The number of aliphatic hydroxyl groups excluding tert-OH is 1. The molecule has 2 N–H and O–H groups in total. The number of carbonyl (C=O) groups is 1. The van der Waals surface area contributed by atoms with Gasteiger partial charge < -0.3 is 15.2 Å². The van der Waals surface area contributed by atoms with Gasteiger partial charge in [-0.2, -0.15) is 13.2 Å². The smallest absolute Gasteiger partial charge is 0.396 e. The van der Waals surface area contributed by atoms with E-state index in [-0.39, 0.29) is 25.5 Å². The second-order valence-corrected chi connectivity index (χ2v) is 3.91. The molecule has 1 amide bonds. The van der Waals surface area contributed by atoms with E-state index in [0.717, 1.165) is 25.7 Å². The van der Waals surface area contributed by atoms with Crippen molar-refractivity contribution in [1.29, 1.82) is 0 Å². The predicted molar refractivity (Wildman–Crippen MR) is 60.1 cm³/mol. The molecule has 0 aliphatic carbocycles. The van der Waals surface area contributed by atoms with Crippen molar-refractivity contribution < 1.29 is 27.8 Å². The Morgan fingerprint density at radius 1 is 1.17 bits per heavy atom. The highest BCUT2D eigenvalue weighted by atomic mass is 19.4. The van der Waals surface area contributed by atoms with E-state index in [2.05, 4.69) is 10.1 Å². The van der Waals surface area contributed by atoms with Crippen LogP contribution in [0.5, 0.6) is 0 Å². The van der Waals surface area contributed by atoms with Gasteiger partial charge in [-0.15, -0.1) is 0 Å². The van der Waals surface area contributed by atoms with Crippen molar-refractivity contribution in [2.45, 2.75) is 38.3 Å². The van der Waals surface area contributed by atoms with E-state index in [1.165, 1.54) is 0 Å². The second kappa shape index (κ2) is 10.1. The summed E-state index contributed by atoms with van der Waals surface area (Å²) in [7, 11) is 0. The van der Waals surface area contributed by atoms with Gasteiger partial charge in [0.2, 0.25) is 5.91 Å². The summed E-state index contributed by atoms with van der Waals surface area (Å²) < 4.78 is 39.4. The fourth-order valence-electron chi connectivity index (χ4n) is 1.26. The molecule has 108 valence electrons. The molecule has 0 aliphatic rings. The summed E-state index contributed by atoms with van der Waals surface area (Å²) in [5.41, 5.74) is 0. The molecule has 0 heterocycles. The third-order valence-corrected chi connectivity index (χ3v) is 2.15. The zero-order valence-corrected chi connectivity index (χ0v) is 10.3. The third-order valence-electron chi connectivity index (χ3n) is 2.15. The van der Waals surface area contributed by atoms with Gasteiger partial charge in [-0.1, -0.05) is 12.8 Å². The molecule has 18 heavy (non-hydrogen) atoms. The number of unbranched alkanes of at least 4 members (excludes halogenated alkanes) is 3. The Kier molecular flexibility index (Phi) is 9.67. The van der Waals surface area contributed by atoms with E-state index < -0.39 is 12.8 Å². The van der Waals surface area contributed by atoms with E-state index in [9.17, 15) is 18.0 Å². The quantitative estimate of drug-likeness (QED) is 0.594. The summed E-state index contributed by atoms with van der Waals surface area (Å²) in [6.07, 6.45) is -1.04. The third kappa shape index (κ3) is 13.2. The highest BCUT2D eigenvalue weighted by molar-refractivity contribution is 5.75. The molecule has 0 radical (unpaired) electrons. The standard InChI is InChI=1S/C11H20F3NO3/c12-11(13,14)9-18-8-5-10(17)15-6-3-1-2-4-7-16/h16H,1-9H2,(H,15,17). The molecular weight excluding hydrogens is 251 g/mol. The minimum absolute atomic E-state index is 0.0628. The SMILES string of the molecule is O=C(CCOCC(F)(F)F)NCCCCCCO. The Morgan fingerprint density at radius 3 is 2.44 bits per heavy atom. The molecule has 7 heteroatoms. The molecular formula is C11H20F3NO3. The lowest BCUT2D eigenvalue weighted by atomic mass is 10.2. The lowest BCUT2D eigenvalue weighted by Crippen LogP contribution is -2.26. The fraction of sp³-hybridized carbons (Fsp3) is 0.909. The van der Waals surface area contributed by atoms with Gasteiger partial charge in [-0.3, -0.25) is 4.79 Å². The molecule has 0 saturated heterocycles. The molecule has 0 unspecified atom stereocenters. The molecule has 0 spiro atoms. The molecule has 0 aromatic rings. The Morgan fingerprint density at radius 2 is 1.83 bits per heavy atom. The first-order chi connectivity index (χ1) is 8.45. The Bertz CT molecular complexity index is 222. The molecule has 0 bridgehead atoms. The van der Waals surface area contributed by atoms with Gasteiger partial charge in [-0.05, 0) is 12.8 Å². The average molecular weight is 271 g/mol. The van der Waals surface area contributed by atoms with Crippen molar-refractivity contribution in [1.82, 2.24) is 5.32 Å². The molecule has 4 nitrogen and oxygen atoms in total. The summed E-state index contributed by atoms with van der Waals surface area (Å²) in [5.74, 6) is -0.306. The number of halogens is 3. The number of nitrogens with one attached hydrogen (secondary N) is 1. The summed E-state index contributed by atoms with van der Waals surface area (Å²) in [6.45, 7) is -0.871. The summed E-state index contributed by atoms with van der Waals surface area (Å²) in [6, 6.07) is 0. The van der Waals surface area contributed by atoms with Crippen LogP contribution in [0.4, 0.5) is 13.2 Å². The van der Waals surface area contributed by atoms with Crippen LogP contribution in [0.3, 0.4) is 0 Å².